The number of aryl methyl sites for hydroxylation is 1. The van der Waals surface area contributed by atoms with Gasteiger partial charge in [0.25, 0.3) is 0 Å². The summed E-state index contributed by atoms with van der Waals surface area (Å²) < 4.78 is 5.28. The smallest absolute Gasteiger partial charge is 0.122 e. The van der Waals surface area contributed by atoms with Gasteiger partial charge < -0.3 is 4.74 Å². The second-order valence-electron chi connectivity index (χ2n) is 3.68. The molecule has 0 heterocycles. The van der Waals surface area contributed by atoms with Gasteiger partial charge >= 0.3 is 0 Å². The number of nitrogens with zero attached hydrogens (tertiary/aromatic N) is 1. The summed E-state index contributed by atoms with van der Waals surface area (Å²) >= 11 is 0. The van der Waals surface area contributed by atoms with Crippen LogP contribution in [-0.2, 0) is 0 Å². The number of rotatable bonds is 2. The van der Waals surface area contributed by atoms with E-state index < -0.39 is 0 Å². The molecule has 2 nitrogen and oxygen atoms in total. The van der Waals surface area contributed by atoms with Gasteiger partial charge in [0, 0.05) is 0 Å². The summed E-state index contributed by atoms with van der Waals surface area (Å²) in [5.41, 5.74) is 2.79. The van der Waals surface area contributed by atoms with Gasteiger partial charge in [-0.15, -0.1) is 0 Å². The minimum atomic E-state index is 0.373. The van der Waals surface area contributed by atoms with Crippen molar-refractivity contribution in [2.45, 2.75) is 26.7 Å². The average Bonchev–Trinajstić information content (AvgIpc) is 2.16. The fraction of sp³-hybridized carbons (Fsp3) is 0.417. The third kappa shape index (κ3) is 1.88. The Morgan fingerprint density at radius 1 is 1.36 bits per heavy atom. The molecule has 0 unspecified atom stereocenters. The molecular formula is C12H15NO. The predicted octanol–water partition coefficient (Wildman–Crippen LogP) is 3.00. The largest absolute Gasteiger partial charge is 0.496 e. The summed E-state index contributed by atoms with van der Waals surface area (Å²) in [6.07, 6.45) is 0. The maximum atomic E-state index is 8.90. The zero-order valence-electron chi connectivity index (χ0n) is 9.09. The Morgan fingerprint density at radius 2 is 2.00 bits per heavy atom. The van der Waals surface area contributed by atoms with E-state index in [1.807, 2.05) is 19.1 Å². The molecule has 2 heteroatoms. The van der Waals surface area contributed by atoms with Crippen molar-refractivity contribution in [1.82, 2.24) is 0 Å². The first kappa shape index (κ1) is 10.6. The zero-order valence-corrected chi connectivity index (χ0v) is 9.09. The van der Waals surface area contributed by atoms with Crippen LogP contribution in [0.15, 0.2) is 12.1 Å². The third-order valence-electron chi connectivity index (χ3n) is 2.32. The van der Waals surface area contributed by atoms with E-state index in [0.29, 0.717) is 5.92 Å². The minimum absolute atomic E-state index is 0.373. The van der Waals surface area contributed by atoms with Crippen molar-refractivity contribution in [2.24, 2.45) is 0 Å². The van der Waals surface area contributed by atoms with E-state index in [0.717, 1.165) is 22.4 Å². The second-order valence-corrected chi connectivity index (χ2v) is 3.68. The Bertz CT molecular complexity index is 375. The fourth-order valence-corrected chi connectivity index (χ4v) is 1.45. The molecule has 0 atom stereocenters. The molecular weight excluding hydrogens is 174 g/mol. The van der Waals surface area contributed by atoms with Crippen LogP contribution in [0.1, 0.15) is 36.5 Å². The van der Waals surface area contributed by atoms with E-state index in [9.17, 15) is 0 Å². The summed E-state index contributed by atoms with van der Waals surface area (Å²) in [6, 6.07) is 6.03. The quantitative estimate of drug-likeness (QED) is 0.716. The number of nitriles is 1. The lowest BCUT2D eigenvalue weighted by molar-refractivity contribution is 0.407. The van der Waals surface area contributed by atoms with Crippen LogP contribution in [0.2, 0.25) is 0 Å². The lowest BCUT2D eigenvalue weighted by Gasteiger charge is -2.13. The second kappa shape index (κ2) is 4.15. The molecule has 1 rings (SSSR count). The third-order valence-corrected chi connectivity index (χ3v) is 2.32. The van der Waals surface area contributed by atoms with Crippen LogP contribution in [-0.4, -0.2) is 7.11 Å². The molecule has 74 valence electrons. The summed E-state index contributed by atoms with van der Waals surface area (Å²) in [4.78, 5) is 0. The summed E-state index contributed by atoms with van der Waals surface area (Å²) in [5, 5.41) is 8.90. The topological polar surface area (TPSA) is 33.0 Å². The summed E-state index contributed by atoms with van der Waals surface area (Å²) in [7, 11) is 1.66. The van der Waals surface area contributed by atoms with Gasteiger partial charge in [-0.1, -0.05) is 13.8 Å². The van der Waals surface area contributed by atoms with Gasteiger partial charge in [0.05, 0.1) is 18.7 Å². The molecule has 0 aliphatic rings. The summed E-state index contributed by atoms with van der Waals surface area (Å²) in [5.74, 6) is 1.24. The molecule has 0 fully saturated rings. The lowest BCUT2D eigenvalue weighted by Crippen LogP contribution is -1.97. The Balaban J connectivity index is 3.34. The van der Waals surface area contributed by atoms with Crippen LogP contribution in [0.25, 0.3) is 0 Å². The van der Waals surface area contributed by atoms with Gasteiger partial charge in [-0.05, 0) is 36.1 Å². The highest BCUT2D eigenvalue weighted by molar-refractivity contribution is 5.48. The Kier molecular flexibility index (Phi) is 3.14. The fourth-order valence-electron chi connectivity index (χ4n) is 1.45. The van der Waals surface area contributed by atoms with Crippen molar-refractivity contribution in [2.75, 3.05) is 7.11 Å². The SMILES string of the molecule is COc1cc(C)c(C#N)cc1C(C)C. The van der Waals surface area contributed by atoms with Crippen molar-refractivity contribution < 1.29 is 4.74 Å². The molecule has 0 saturated heterocycles. The molecule has 1 aromatic rings. The van der Waals surface area contributed by atoms with E-state index in [-0.39, 0.29) is 0 Å². The van der Waals surface area contributed by atoms with Crippen molar-refractivity contribution in [1.29, 1.82) is 5.26 Å². The highest BCUT2D eigenvalue weighted by Crippen LogP contribution is 2.29. The lowest BCUT2D eigenvalue weighted by atomic mass is 9.97. The average molecular weight is 189 g/mol. The molecule has 0 aliphatic carbocycles. The standard InChI is InChI=1S/C12H15NO/c1-8(2)11-6-10(7-13)9(3)5-12(11)14-4/h5-6,8H,1-4H3. The van der Waals surface area contributed by atoms with Gasteiger partial charge in [0.1, 0.15) is 5.75 Å². The first-order valence-corrected chi connectivity index (χ1v) is 4.68. The van der Waals surface area contributed by atoms with Gasteiger partial charge in [0.15, 0.2) is 0 Å². The van der Waals surface area contributed by atoms with Crippen LogP contribution < -0.4 is 4.74 Å². The van der Waals surface area contributed by atoms with Crippen LogP contribution in [0.5, 0.6) is 5.75 Å². The highest BCUT2D eigenvalue weighted by Gasteiger charge is 2.10. The molecule has 1 aromatic carbocycles. The van der Waals surface area contributed by atoms with Crippen LogP contribution in [0.3, 0.4) is 0 Å². The molecule has 0 aliphatic heterocycles. The maximum Gasteiger partial charge on any atom is 0.122 e. The molecule has 0 amide bonds. The molecule has 0 saturated carbocycles. The van der Waals surface area contributed by atoms with E-state index in [4.69, 9.17) is 10.00 Å². The van der Waals surface area contributed by atoms with Crippen molar-refractivity contribution in [3.05, 3.63) is 28.8 Å². The number of ether oxygens (including phenoxy) is 1. The molecule has 0 aromatic heterocycles. The van der Waals surface area contributed by atoms with E-state index in [2.05, 4.69) is 19.9 Å². The molecule has 0 bridgehead atoms. The highest BCUT2D eigenvalue weighted by atomic mass is 16.5. The molecule has 14 heavy (non-hydrogen) atoms. The van der Waals surface area contributed by atoms with E-state index in [1.54, 1.807) is 7.11 Å². The molecule has 0 spiro atoms. The van der Waals surface area contributed by atoms with Crippen molar-refractivity contribution in [3.63, 3.8) is 0 Å². The Labute approximate surface area is 85.1 Å². The number of methoxy groups -OCH3 is 1. The molecule has 0 radical (unpaired) electrons. The Morgan fingerprint density at radius 3 is 2.43 bits per heavy atom. The molecule has 0 N–H and O–H groups in total. The normalized spacial score (nSPS) is 10.0. The van der Waals surface area contributed by atoms with Gasteiger partial charge in [0.2, 0.25) is 0 Å². The monoisotopic (exact) mass is 189 g/mol. The van der Waals surface area contributed by atoms with Gasteiger partial charge in [-0.25, -0.2) is 0 Å². The first-order valence-electron chi connectivity index (χ1n) is 4.68. The van der Waals surface area contributed by atoms with Gasteiger partial charge in [-0.3, -0.25) is 0 Å². The van der Waals surface area contributed by atoms with Crippen LogP contribution in [0.4, 0.5) is 0 Å². The summed E-state index contributed by atoms with van der Waals surface area (Å²) in [6.45, 7) is 6.11. The number of hydrogen-bond donors (Lipinski definition) is 0. The first-order chi connectivity index (χ1) is 6.60. The number of hydrogen-bond acceptors (Lipinski definition) is 2. The van der Waals surface area contributed by atoms with Crippen LogP contribution in [0, 0.1) is 18.3 Å². The maximum absolute atomic E-state index is 8.90. The zero-order chi connectivity index (χ0) is 10.7. The predicted molar refractivity (Wildman–Crippen MR) is 56.5 cm³/mol. The number of benzene rings is 1. The van der Waals surface area contributed by atoms with Crippen LogP contribution >= 0.6 is 0 Å². The van der Waals surface area contributed by atoms with Gasteiger partial charge in [-0.2, -0.15) is 5.26 Å². The van der Waals surface area contributed by atoms with E-state index >= 15 is 0 Å². The van der Waals surface area contributed by atoms with Crippen molar-refractivity contribution in [3.8, 4) is 11.8 Å². The van der Waals surface area contributed by atoms with E-state index in [1.165, 1.54) is 0 Å². The Hall–Kier alpha value is -1.49. The van der Waals surface area contributed by atoms with Crippen molar-refractivity contribution >= 4 is 0 Å². The minimum Gasteiger partial charge on any atom is -0.496 e.